The molecular formula is C10H17N3. The Morgan fingerprint density at radius 2 is 2.08 bits per heavy atom. The van der Waals surface area contributed by atoms with Crippen molar-refractivity contribution < 1.29 is 0 Å². The summed E-state index contributed by atoms with van der Waals surface area (Å²) in [6, 6.07) is 0.657. The van der Waals surface area contributed by atoms with Gasteiger partial charge in [0.1, 0.15) is 0 Å². The molecule has 0 aromatic rings. The smallest absolute Gasteiger partial charge is 0.179 e. The van der Waals surface area contributed by atoms with Crippen molar-refractivity contribution in [2.45, 2.75) is 25.8 Å². The molecule has 2 aliphatic rings. The fourth-order valence-electron chi connectivity index (χ4n) is 2.43. The number of nitrogens with zero attached hydrogens (tertiary/aromatic N) is 3. The summed E-state index contributed by atoms with van der Waals surface area (Å²) in [4.78, 5) is 4.44. The summed E-state index contributed by atoms with van der Waals surface area (Å²) in [6.45, 7) is 6.72. The maximum atomic E-state index is 8.74. The Balaban J connectivity index is 1.86. The van der Waals surface area contributed by atoms with E-state index in [1.165, 1.54) is 25.9 Å². The molecule has 0 saturated carbocycles. The Kier molecular flexibility index (Phi) is 2.41. The predicted octanol–water partition coefficient (Wildman–Crippen LogP) is 0.884. The van der Waals surface area contributed by atoms with Crippen molar-refractivity contribution in [3.8, 4) is 6.19 Å². The van der Waals surface area contributed by atoms with Gasteiger partial charge in [0, 0.05) is 25.7 Å². The Morgan fingerprint density at radius 1 is 1.23 bits per heavy atom. The third-order valence-corrected chi connectivity index (χ3v) is 3.28. The summed E-state index contributed by atoms with van der Waals surface area (Å²) in [6.07, 6.45) is 4.75. The van der Waals surface area contributed by atoms with E-state index in [1.807, 2.05) is 4.90 Å². The molecule has 0 aromatic carbocycles. The molecule has 2 atom stereocenters. The van der Waals surface area contributed by atoms with Crippen molar-refractivity contribution in [3.05, 3.63) is 0 Å². The van der Waals surface area contributed by atoms with Crippen LogP contribution in [0.4, 0.5) is 0 Å². The van der Waals surface area contributed by atoms with Gasteiger partial charge in [-0.1, -0.05) is 6.92 Å². The first-order valence-electron chi connectivity index (χ1n) is 5.18. The molecule has 0 amide bonds. The molecule has 0 bridgehead atoms. The normalized spacial score (nSPS) is 35.2. The Bertz CT molecular complexity index is 221. The van der Waals surface area contributed by atoms with Crippen molar-refractivity contribution >= 4 is 0 Å². The monoisotopic (exact) mass is 179 g/mol. The van der Waals surface area contributed by atoms with Crippen LogP contribution >= 0.6 is 0 Å². The minimum atomic E-state index is 0.657. The van der Waals surface area contributed by atoms with Gasteiger partial charge >= 0.3 is 0 Å². The molecule has 0 radical (unpaired) electrons. The minimum absolute atomic E-state index is 0.657. The molecule has 2 fully saturated rings. The molecule has 2 saturated heterocycles. The highest BCUT2D eigenvalue weighted by Crippen LogP contribution is 2.22. The van der Waals surface area contributed by atoms with Gasteiger partial charge in [0.25, 0.3) is 0 Å². The summed E-state index contributed by atoms with van der Waals surface area (Å²) in [5.74, 6) is 0.858. The van der Waals surface area contributed by atoms with Crippen LogP contribution in [0, 0.1) is 17.4 Å². The largest absolute Gasteiger partial charge is 0.309 e. The van der Waals surface area contributed by atoms with Crippen LogP contribution in [0.3, 0.4) is 0 Å². The van der Waals surface area contributed by atoms with E-state index >= 15 is 0 Å². The summed E-state index contributed by atoms with van der Waals surface area (Å²) >= 11 is 0. The van der Waals surface area contributed by atoms with Gasteiger partial charge in [-0.05, 0) is 25.3 Å². The number of hydrogen-bond acceptors (Lipinski definition) is 3. The molecule has 3 heteroatoms. The quantitative estimate of drug-likeness (QED) is 0.560. The third-order valence-electron chi connectivity index (χ3n) is 3.28. The van der Waals surface area contributed by atoms with Gasteiger partial charge in [-0.2, -0.15) is 5.26 Å². The van der Waals surface area contributed by atoms with Gasteiger partial charge in [0.15, 0.2) is 6.19 Å². The zero-order valence-electron chi connectivity index (χ0n) is 8.24. The number of nitriles is 1. The summed E-state index contributed by atoms with van der Waals surface area (Å²) in [5, 5.41) is 8.74. The van der Waals surface area contributed by atoms with Gasteiger partial charge in [-0.3, -0.25) is 4.90 Å². The van der Waals surface area contributed by atoms with E-state index in [4.69, 9.17) is 5.26 Å². The van der Waals surface area contributed by atoms with Crippen molar-refractivity contribution in [1.29, 1.82) is 5.26 Å². The lowest BCUT2D eigenvalue weighted by Gasteiger charge is -2.22. The third kappa shape index (κ3) is 1.78. The summed E-state index contributed by atoms with van der Waals surface area (Å²) < 4.78 is 0. The maximum Gasteiger partial charge on any atom is 0.179 e. The molecule has 3 nitrogen and oxygen atoms in total. The predicted molar refractivity (Wildman–Crippen MR) is 50.9 cm³/mol. The SMILES string of the molecule is CC1CCN(C2CCN(C#N)C2)C1. The van der Waals surface area contributed by atoms with E-state index in [9.17, 15) is 0 Å². The topological polar surface area (TPSA) is 30.3 Å². The molecule has 2 aliphatic heterocycles. The summed E-state index contributed by atoms with van der Waals surface area (Å²) in [7, 11) is 0. The number of likely N-dealkylation sites (tertiary alicyclic amines) is 2. The zero-order valence-corrected chi connectivity index (χ0v) is 8.24. The van der Waals surface area contributed by atoms with Gasteiger partial charge in [0.2, 0.25) is 0 Å². The second kappa shape index (κ2) is 3.55. The molecule has 0 spiro atoms. The lowest BCUT2D eigenvalue weighted by Crippen LogP contribution is -2.35. The fourth-order valence-corrected chi connectivity index (χ4v) is 2.43. The van der Waals surface area contributed by atoms with Gasteiger partial charge < -0.3 is 4.90 Å². The van der Waals surface area contributed by atoms with E-state index < -0.39 is 0 Å². The highest BCUT2D eigenvalue weighted by atomic mass is 15.3. The van der Waals surface area contributed by atoms with E-state index in [0.29, 0.717) is 6.04 Å². The van der Waals surface area contributed by atoms with Crippen LogP contribution in [0.15, 0.2) is 0 Å². The summed E-state index contributed by atoms with van der Waals surface area (Å²) in [5.41, 5.74) is 0. The Hall–Kier alpha value is -0.750. The van der Waals surface area contributed by atoms with Crippen molar-refractivity contribution in [3.63, 3.8) is 0 Å². The van der Waals surface area contributed by atoms with E-state index in [0.717, 1.165) is 19.0 Å². The molecule has 0 aliphatic carbocycles. The average Bonchev–Trinajstić information content (AvgIpc) is 2.71. The van der Waals surface area contributed by atoms with Crippen LogP contribution in [0.5, 0.6) is 0 Å². The molecule has 2 heterocycles. The lowest BCUT2D eigenvalue weighted by molar-refractivity contribution is 0.241. The second-order valence-electron chi connectivity index (χ2n) is 4.38. The van der Waals surface area contributed by atoms with E-state index in [2.05, 4.69) is 18.0 Å². The highest BCUT2D eigenvalue weighted by Gasteiger charge is 2.30. The second-order valence-corrected chi connectivity index (χ2v) is 4.38. The van der Waals surface area contributed by atoms with Gasteiger partial charge in [0.05, 0.1) is 0 Å². The molecular weight excluding hydrogens is 162 g/mol. The number of rotatable bonds is 1. The van der Waals surface area contributed by atoms with Crippen LogP contribution in [0.25, 0.3) is 0 Å². The molecule has 72 valence electrons. The first-order chi connectivity index (χ1) is 6.29. The Labute approximate surface area is 79.9 Å². The van der Waals surface area contributed by atoms with Gasteiger partial charge in [-0.25, -0.2) is 0 Å². The fraction of sp³-hybridized carbons (Fsp3) is 0.900. The molecule has 0 N–H and O–H groups in total. The van der Waals surface area contributed by atoms with Crippen molar-refractivity contribution in [2.24, 2.45) is 5.92 Å². The first-order valence-corrected chi connectivity index (χ1v) is 5.18. The van der Waals surface area contributed by atoms with Gasteiger partial charge in [-0.15, -0.1) is 0 Å². The van der Waals surface area contributed by atoms with E-state index in [1.54, 1.807) is 0 Å². The highest BCUT2D eigenvalue weighted by molar-refractivity contribution is 4.91. The molecule has 0 aromatic heterocycles. The van der Waals surface area contributed by atoms with Crippen molar-refractivity contribution in [2.75, 3.05) is 26.2 Å². The van der Waals surface area contributed by atoms with Crippen LogP contribution in [-0.4, -0.2) is 42.0 Å². The Morgan fingerprint density at radius 3 is 2.62 bits per heavy atom. The molecule has 2 unspecified atom stereocenters. The standard InChI is InChI=1S/C10H17N3/c1-9-2-5-13(6-9)10-3-4-12(7-10)8-11/h9-10H,2-7H2,1H3. The van der Waals surface area contributed by atoms with Crippen LogP contribution in [-0.2, 0) is 0 Å². The average molecular weight is 179 g/mol. The van der Waals surface area contributed by atoms with E-state index in [-0.39, 0.29) is 0 Å². The zero-order chi connectivity index (χ0) is 9.26. The minimum Gasteiger partial charge on any atom is -0.309 e. The number of hydrogen-bond donors (Lipinski definition) is 0. The molecule has 2 rings (SSSR count). The maximum absolute atomic E-state index is 8.74. The van der Waals surface area contributed by atoms with Crippen LogP contribution < -0.4 is 0 Å². The van der Waals surface area contributed by atoms with Crippen molar-refractivity contribution in [1.82, 2.24) is 9.80 Å². The van der Waals surface area contributed by atoms with Crippen LogP contribution in [0.2, 0.25) is 0 Å². The van der Waals surface area contributed by atoms with Crippen LogP contribution in [0.1, 0.15) is 19.8 Å². The molecule has 13 heavy (non-hydrogen) atoms. The first kappa shape index (κ1) is 8.83. The lowest BCUT2D eigenvalue weighted by atomic mass is 10.2.